The van der Waals surface area contributed by atoms with Gasteiger partial charge in [-0.1, -0.05) is 25.7 Å². The van der Waals surface area contributed by atoms with E-state index in [1.165, 1.54) is 12.8 Å². The first kappa shape index (κ1) is 11.8. The van der Waals surface area contributed by atoms with Crippen molar-refractivity contribution >= 4 is 0 Å². The predicted molar refractivity (Wildman–Crippen MR) is 49.8 cm³/mol. The monoisotopic (exact) mass is 209 g/mol. The minimum Gasteiger partial charge on any atom is -0.328 e. The second kappa shape index (κ2) is 5.01. The molecule has 0 bridgehead atoms. The average Bonchev–Trinajstić information content (AvgIpc) is 2.52. The normalized spacial score (nSPS) is 21.4. The van der Waals surface area contributed by atoms with Gasteiger partial charge < -0.3 is 5.73 Å². The molecule has 1 aliphatic carbocycles. The summed E-state index contributed by atoms with van der Waals surface area (Å²) in [5.41, 5.74) is 5.66. The Morgan fingerprint density at radius 3 is 2.29 bits per heavy atom. The van der Waals surface area contributed by atoms with Crippen molar-refractivity contribution < 1.29 is 13.2 Å². The molecule has 1 aliphatic rings. The molecule has 0 aliphatic heterocycles. The Labute approximate surface area is 82.9 Å². The molecule has 14 heavy (non-hydrogen) atoms. The largest absolute Gasteiger partial charge is 0.389 e. The molecular formula is C10H18F3N. The fourth-order valence-electron chi connectivity index (χ4n) is 2.14. The molecule has 0 heterocycles. The van der Waals surface area contributed by atoms with E-state index >= 15 is 0 Å². The van der Waals surface area contributed by atoms with E-state index < -0.39 is 12.6 Å². The van der Waals surface area contributed by atoms with Crippen LogP contribution in [0.4, 0.5) is 13.2 Å². The van der Waals surface area contributed by atoms with E-state index in [9.17, 15) is 13.2 Å². The van der Waals surface area contributed by atoms with Crippen LogP contribution in [0, 0.1) is 5.92 Å². The zero-order chi connectivity index (χ0) is 10.6. The summed E-state index contributed by atoms with van der Waals surface area (Å²) in [4.78, 5) is 0. The summed E-state index contributed by atoms with van der Waals surface area (Å²) in [6, 6.07) is -0.264. The van der Waals surface area contributed by atoms with Crippen LogP contribution in [-0.2, 0) is 0 Å². The second-order valence-corrected chi connectivity index (χ2v) is 4.30. The number of halogens is 3. The van der Waals surface area contributed by atoms with Gasteiger partial charge in [0.05, 0.1) is 0 Å². The van der Waals surface area contributed by atoms with Crippen LogP contribution in [0.15, 0.2) is 0 Å². The molecule has 1 unspecified atom stereocenters. The van der Waals surface area contributed by atoms with Gasteiger partial charge >= 0.3 is 6.18 Å². The summed E-state index contributed by atoms with van der Waals surface area (Å²) in [5.74, 6) is 0.582. The first-order valence-corrected chi connectivity index (χ1v) is 5.30. The van der Waals surface area contributed by atoms with Crippen LogP contribution >= 0.6 is 0 Å². The summed E-state index contributed by atoms with van der Waals surface area (Å²) in [6.07, 6.45) is 0.816. The van der Waals surface area contributed by atoms with Crippen LogP contribution in [0.25, 0.3) is 0 Å². The smallest absolute Gasteiger partial charge is 0.328 e. The van der Waals surface area contributed by atoms with Crippen molar-refractivity contribution in [2.45, 2.75) is 57.2 Å². The molecule has 4 heteroatoms. The number of rotatable bonds is 4. The molecule has 0 amide bonds. The summed E-state index contributed by atoms with van der Waals surface area (Å²) < 4.78 is 35.6. The van der Waals surface area contributed by atoms with Gasteiger partial charge in [0.2, 0.25) is 0 Å². The van der Waals surface area contributed by atoms with Gasteiger partial charge in [-0.25, -0.2) is 0 Å². The molecule has 2 N–H and O–H groups in total. The van der Waals surface area contributed by atoms with Crippen LogP contribution < -0.4 is 5.73 Å². The van der Waals surface area contributed by atoms with E-state index in [4.69, 9.17) is 5.73 Å². The molecule has 0 aromatic heterocycles. The highest BCUT2D eigenvalue weighted by Crippen LogP contribution is 2.30. The minimum atomic E-state index is -4.05. The molecule has 1 atom stereocenters. The summed E-state index contributed by atoms with van der Waals surface area (Å²) in [6.45, 7) is 0. The number of hydrogen-bond donors (Lipinski definition) is 1. The fraction of sp³-hybridized carbons (Fsp3) is 1.00. The van der Waals surface area contributed by atoms with E-state index in [1.807, 2.05) is 0 Å². The number of alkyl halides is 3. The zero-order valence-electron chi connectivity index (χ0n) is 8.32. The maximum atomic E-state index is 11.9. The molecule has 0 spiro atoms. The van der Waals surface area contributed by atoms with Gasteiger partial charge in [-0.2, -0.15) is 13.2 Å². The molecule has 84 valence electrons. The molecule has 0 aromatic rings. The molecule has 0 saturated heterocycles. The van der Waals surface area contributed by atoms with Crippen molar-refractivity contribution in [3.05, 3.63) is 0 Å². The van der Waals surface area contributed by atoms with Crippen molar-refractivity contribution in [3.63, 3.8) is 0 Å². The molecule has 1 rings (SSSR count). The lowest BCUT2D eigenvalue weighted by atomic mass is 9.96. The lowest BCUT2D eigenvalue weighted by Gasteiger charge is -2.16. The topological polar surface area (TPSA) is 26.0 Å². The van der Waals surface area contributed by atoms with Gasteiger partial charge in [0, 0.05) is 12.5 Å². The van der Waals surface area contributed by atoms with E-state index in [1.54, 1.807) is 0 Å². The summed E-state index contributed by atoms with van der Waals surface area (Å²) in [7, 11) is 0. The van der Waals surface area contributed by atoms with Crippen molar-refractivity contribution in [3.8, 4) is 0 Å². The maximum Gasteiger partial charge on any atom is 0.389 e. The molecule has 0 radical (unpaired) electrons. The van der Waals surface area contributed by atoms with Gasteiger partial charge in [-0.15, -0.1) is 0 Å². The summed E-state index contributed by atoms with van der Waals surface area (Å²) in [5, 5.41) is 0. The highest BCUT2D eigenvalue weighted by molar-refractivity contribution is 4.74. The molecule has 1 saturated carbocycles. The van der Waals surface area contributed by atoms with Crippen LogP contribution in [0.3, 0.4) is 0 Å². The molecular weight excluding hydrogens is 191 g/mol. The van der Waals surface area contributed by atoms with E-state index in [0.717, 1.165) is 19.3 Å². The Hall–Kier alpha value is -0.250. The van der Waals surface area contributed by atoms with E-state index in [-0.39, 0.29) is 12.5 Å². The first-order chi connectivity index (χ1) is 6.47. The Kier molecular flexibility index (Phi) is 4.23. The average molecular weight is 209 g/mol. The lowest BCUT2D eigenvalue weighted by molar-refractivity contribution is -0.136. The van der Waals surface area contributed by atoms with Crippen molar-refractivity contribution in [2.75, 3.05) is 0 Å². The standard InChI is InChI=1S/C10H18F3N/c11-10(12,13)6-5-9(14)7-8-3-1-2-4-8/h8-9H,1-7,14H2. The van der Waals surface area contributed by atoms with Gasteiger partial charge in [0.15, 0.2) is 0 Å². The van der Waals surface area contributed by atoms with Crippen LogP contribution in [0.2, 0.25) is 0 Å². The third-order valence-corrected chi connectivity index (χ3v) is 2.91. The summed E-state index contributed by atoms with van der Waals surface area (Å²) >= 11 is 0. The van der Waals surface area contributed by atoms with Gasteiger partial charge in [0.25, 0.3) is 0 Å². The Morgan fingerprint density at radius 2 is 1.79 bits per heavy atom. The van der Waals surface area contributed by atoms with Crippen molar-refractivity contribution in [2.24, 2.45) is 11.7 Å². The predicted octanol–water partition coefficient (Wildman–Crippen LogP) is 3.24. The number of hydrogen-bond acceptors (Lipinski definition) is 1. The van der Waals surface area contributed by atoms with Crippen LogP contribution in [-0.4, -0.2) is 12.2 Å². The lowest BCUT2D eigenvalue weighted by Crippen LogP contribution is -2.25. The number of nitrogens with two attached hydrogens (primary N) is 1. The molecule has 0 aromatic carbocycles. The van der Waals surface area contributed by atoms with E-state index in [0.29, 0.717) is 5.92 Å². The minimum absolute atomic E-state index is 0.0833. The highest BCUT2D eigenvalue weighted by atomic mass is 19.4. The van der Waals surface area contributed by atoms with Gasteiger partial charge in [-0.3, -0.25) is 0 Å². The first-order valence-electron chi connectivity index (χ1n) is 5.30. The fourth-order valence-corrected chi connectivity index (χ4v) is 2.14. The van der Waals surface area contributed by atoms with Crippen LogP contribution in [0.1, 0.15) is 44.9 Å². The third-order valence-electron chi connectivity index (χ3n) is 2.91. The van der Waals surface area contributed by atoms with Gasteiger partial charge in [0.1, 0.15) is 0 Å². The third kappa shape index (κ3) is 4.84. The molecule has 1 fully saturated rings. The van der Waals surface area contributed by atoms with Crippen molar-refractivity contribution in [1.29, 1.82) is 0 Å². The SMILES string of the molecule is NC(CCC(F)(F)F)CC1CCCC1. The van der Waals surface area contributed by atoms with Crippen molar-refractivity contribution in [1.82, 2.24) is 0 Å². The Bertz CT molecular complexity index is 161. The Balaban J connectivity index is 2.12. The van der Waals surface area contributed by atoms with Gasteiger partial charge in [-0.05, 0) is 18.8 Å². The highest BCUT2D eigenvalue weighted by Gasteiger charge is 2.28. The second-order valence-electron chi connectivity index (χ2n) is 4.30. The molecule has 1 nitrogen and oxygen atoms in total. The van der Waals surface area contributed by atoms with Crippen LogP contribution in [0.5, 0.6) is 0 Å². The maximum absolute atomic E-state index is 11.9. The zero-order valence-corrected chi connectivity index (χ0v) is 8.32. The Morgan fingerprint density at radius 1 is 1.21 bits per heavy atom. The van der Waals surface area contributed by atoms with E-state index in [2.05, 4.69) is 0 Å². The quantitative estimate of drug-likeness (QED) is 0.755.